The molecule has 0 aromatic carbocycles. The fourth-order valence-electron chi connectivity index (χ4n) is 1.78. The normalized spacial score (nSPS) is 12.4. The van der Waals surface area contributed by atoms with Crippen molar-refractivity contribution in [1.29, 1.82) is 0 Å². The van der Waals surface area contributed by atoms with Crippen molar-refractivity contribution in [2.24, 2.45) is 10.6 Å². The molecule has 0 aliphatic rings. The SMILES string of the molecule is CCCc1[nH]nc(C(=O)NCC(C)(C)CC)c1S(N)(=O)=O. The van der Waals surface area contributed by atoms with Gasteiger partial charge in [0.25, 0.3) is 5.91 Å². The number of carbonyl (C=O) groups is 1. The van der Waals surface area contributed by atoms with Gasteiger partial charge in [-0.2, -0.15) is 5.10 Å². The summed E-state index contributed by atoms with van der Waals surface area (Å²) in [6, 6.07) is 0. The highest BCUT2D eigenvalue weighted by atomic mass is 32.2. The van der Waals surface area contributed by atoms with E-state index in [1.54, 1.807) is 0 Å². The van der Waals surface area contributed by atoms with Crippen LogP contribution in [0.1, 0.15) is 56.7 Å². The van der Waals surface area contributed by atoms with Gasteiger partial charge in [-0.25, -0.2) is 13.6 Å². The number of aromatic nitrogens is 2. The van der Waals surface area contributed by atoms with Gasteiger partial charge in [0, 0.05) is 6.54 Å². The van der Waals surface area contributed by atoms with Crippen LogP contribution in [-0.4, -0.2) is 31.1 Å². The van der Waals surface area contributed by atoms with E-state index in [-0.39, 0.29) is 16.0 Å². The maximum absolute atomic E-state index is 12.2. The number of nitrogens with zero attached hydrogens (tertiary/aromatic N) is 1. The van der Waals surface area contributed by atoms with Gasteiger partial charge in [-0.1, -0.05) is 34.1 Å². The fraction of sp³-hybridized carbons (Fsp3) is 0.692. The number of primary sulfonamides is 1. The Morgan fingerprint density at radius 2 is 2.00 bits per heavy atom. The first kappa shape index (κ1) is 17.6. The lowest BCUT2D eigenvalue weighted by Gasteiger charge is -2.22. The molecule has 0 saturated carbocycles. The van der Waals surface area contributed by atoms with Crippen LogP contribution >= 0.6 is 0 Å². The minimum absolute atomic E-state index is 0.0695. The van der Waals surface area contributed by atoms with E-state index in [2.05, 4.69) is 15.5 Å². The van der Waals surface area contributed by atoms with Gasteiger partial charge in [-0.15, -0.1) is 0 Å². The predicted octanol–water partition coefficient (Wildman–Crippen LogP) is 1.18. The Morgan fingerprint density at radius 3 is 2.48 bits per heavy atom. The first-order chi connectivity index (χ1) is 9.62. The van der Waals surface area contributed by atoms with Crippen LogP contribution < -0.4 is 10.5 Å². The molecule has 1 aromatic heterocycles. The number of hydrogen-bond acceptors (Lipinski definition) is 4. The Balaban J connectivity index is 3.05. The molecule has 0 aliphatic heterocycles. The topological polar surface area (TPSA) is 118 Å². The molecule has 0 radical (unpaired) electrons. The summed E-state index contributed by atoms with van der Waals surface area (Å²) >= 11 is 0. The van der Waals surface area contributed by atoms with Crippen LogP contribution in [0.4, 0.5) is 0 Å². The van der Waals surface area contributed by atoms with Crippen molar-refractivity contribution in [3.05, 3.63) is 11.4 Å². The Bertz CT molecular complexity index is 605. The van der Waals surface area contributed by atoms with Crippen molar-refractivity contribution in [3.63, 3.8) is 0 Å². The van der Waals surface area contributed by atoms with Gasteiger partial charge >= 0.3 is 0 Å². The van der Waals surface area contributed by atoms with Crippen LogP contribution in [0.15, 0.2) is 4.90 Å². The summed E-state index contributed by atoms with van der Waals surface area (Å²) in [5.41, 5.74) is 0.146. The van der Waals surface area contributed by atoms with Crippen molar-refractivity contribution in [3.8, 4) is 0 Å². The Hall–Kier alpha value is -1.41. The maximum atomic E-state index is 12.2. The molecule has 1 rings (SSSR count). The first-order valence-corrected chi connectivity index (χ1v) is 8.55. The van der Waals surface area contributed by atoms with E-state index in [0.29, 0.717) is 25.1 Å². The summed E-state index contributed by atoms with van der Waals surface area (Å²) in [7, 11) is -4.00. The van der Waals surface area contributed by atoms with E-state index in [1.807, 2.05) is 27.7 Å². The van der Waals surface area contributed by atoms with Gasteiger partial charge in [0.15, 0.2) is 5.69 Å². The average Bonchev–Trinajstić information content (AvgIpc) is 2.80. The third-order valence-electron chi connectivity index (χ3n) is 3.48. The molecule has 0 bridgehead atoms. The number of nitrogens with one attached hydrogen (secondary N) is 2. The lowest BCUT2D eigenvalue weighted by molar-refractivity contribution is 0.0927. The van der Waals surface area contributed by atoms with Gasteiger partial charge in [-0.3, -0.25) is 9.89 Å². The standard InChI is InChI=1S/C13H24N4O3S/c1-5-7-9-11(21(14,19)20)10(17-16-9)12(18)15-8-13(3,4)6-2/h5-8H2,1-4H3,(H,15,18)(H,16,17)(H2,14,19,20). The summed E-state index contributed by atoms with van der Waals surface area (Å²) in [4.78, 5) is 12.0. The van der Waals surface area contributed by atoms with Crippen molar-refractivity contribution < 1.29 is 13.2 Å². The first-order valence-electron chi connectivity index (χ1n) is 7.00. The summed E-state index contributed by atoms with van der Waals surface area (Å²) in [6.45, 7) is 8.39. The lowest BCUT2D eigenvalue weighted by Crippen LogP contribution is -2.34. The van der Waals surface area contributed by atoms with Crippen LogP contribution in [0.25, 0.3) is 0 Å². The van der Waals surface area contributed by atoms with Crippen molar-refractivity contribution in [2.45, 2.75) is 51.9 Å². The zero-order valence-electron chi connectivity index (χ0n) is 13.0. The second kappa shape index (κ2) is 6.57. The second-order valence-corrected chi connectivity index (χ2v) is 7.37. The molecule has 8 heteroatoms. The number of amides is 1. The van der Waals surface area contributed by atoms with Gasteiger partial charge < -0.3 is 5.32 Å². The third kappa shape index (κ3) is 4.53. The predicted molar refractivity (Wildman–Crippen MR) is 80.4 cm³/mol. The third-order valence-corrected chi connectivity index (χ3v) is 4.48. The summed E-state index contributed by atoms with van der Waals surface area (Å²) in [5, 5.41) is 14.4. The highest BCUT2D eigenvalue weighted by Gasteiger charge is 2.27. The van der Waals surface area contributed by atoms with Crippen molar-refractivity contribution in [1.82, 2.24) is 15.5 Å². The fourth-order valence-corrected chi connectivity index (χ4v) is 2.67. The molecule has 1 aromatic rings. The molecular formula is C13H24N4O3S. The highest BCUT2D eigenvalue weighted by molar-refractivity contribution is 7.89. The molecule has 0 aliphatic carbocycles. The Morgan fingerprint density at radius 1 is 1.38 bits per heavy atom. The number of aromatic amines is 1. The van der Waals surface area contributed by atoms with E-state index in [4.69, 9.17) is 5.14 Å². The number of H-pyrrole nitrogens is 1. The molecule has 0 spiro atoms. The molecule has 7 nitrogen and oxygen atoms in total. The molecule has 0 saturated heterocycles. The minimum atomic E-state index is -4.00. The lowest BCUT2D eigenvalue weighted by atomic mass is 9.90. The van der Waals surface area contributed by atoms with Crippen LogP contribution in [0.5, 0.6) is 0 Å². The smallest absolute Gasteiger partial charge is 0.273 e. The van der Waals surface area contributed by atoms with Gasteiger partial charge in [0.05, 0.1) is 5.69 Å². The maximum Gasteiger partial charge on any atom is 0.273 e. The average molecular weight is 316 g/mol. The monoisotopic (exact) mass is 316 g/mol. The van der Waals surface area contributed by atoms with E-state index in [0.717, 1.165) is 6.42 Å². The summed E-state index contributed by atoms with van der Waals surface area (Å²) in [5.74, 6) is -0.529. The Kier molecular flexibility index (Phi) is 5.52. The summed E-state index contributed by atoms with van der Waals surface area (Å²) < 4.78 is 23.4. The van der Waals surface area contributed by atoms with Gasteiger partial charge in [-0.05, 0) is 18.3 Å². The van der Waals surface area contributed by atoms with Crippen LogP contribution in [0.3, 0.4) is 0 Å². The number of aryl methyl sites for hydroxylation is 1. The van der Waals surface area contributed by atoms with Gasteiger partial charge in [0.2, 0.25) is 10.0 Å². The van der Waals surface area contributed by atoms with Crippen LogP contribution in [-0.2, 0) is 16.4 Å². The van der Waals surface area contributed by atoms with E-state index in [1.165, 1.54) is 0 Å². The number of sulfonamides is 1. The zero-order valence-corrected chi connectivity index (χ0v) is 13.8. The zero-order chi connectivity index (χ0) is 16.3. The van der Waals surface area contributed by atoms with E-state index >= 15 is 0 Å². The number of rotatable bonds is 7. The molecule has 1 amide bonds. The molecule has 0 atom stereocenters. The highest BCUT2D eigenvalue weighted by Crippen LogP contribution is 2.20. The quantitative estimate of drug-likeness (QED) is 0.699. The second-order valence-electron chi connectivity index (χ2n) is 5.88. The van der Waals surface area contributed by atoms with Crippen LogP contribution in [0, 0.1) is 5.41 Å². The molecule has 0 fully saturated rings. The molecule has 21 heavy (non-hydrogen) atoms. The minimum Gasteiger partial charge on any atom is -0.350 e. The molecular weight excluding hydrogens is 292 g/mol. The Labute approximate surface area is 125 Å². The number of hydrogen-bond donors (Lipinski definition) is 3. The van der Waals surface area contributed by atoms with E-state index in [9.17, 15) is 13.2 Å². The summed E-state index contributed by atoms with van der Waals surface area (Å²) in [6.07, 6.45) is 2.07. The molecule has 0 unspecified atom stereocenters. The number of carbonyl (C=O) groups excluding carboxylic acids is 1. The van der Waals surface area contributed by atoms with Crippen molar-refractivity contribution in [2.75, 3.05) is 6.54 Å². The molecule has 1 heterocycles. The molecule has 4 N–H and O–H groups in total. The van der Waals surface area contributed by atoms with E-state index < -0.39 is 15.9 Å². The molecule has 120 valence electrons. The van der Waals surface area contributed by atoms with Gasteiger partial charge in [0.1, 0.15) is 4.90 Å². The van der Waals surface area contributed by atoms with Crippen molar-refractivity contribution >= 4 is 15.9 Å². The van der Waals surface area contributed by atoms with Crippen LogP contribution in [0.2, 0.25) is 0 Å². The number of nitrogens with two attached hydrogens (primary N) is 1. The largest absolute Gasteiger partial charge is 0.350 e.